The Morgan fingerprint density at radius 2 is 2.05 bits per heavy atom. The molecule has 0 atom stereocenters. The van der Waals surface area contributed by atoms with E-state index in [1.54, 1.807) is 13.3 Å². The molecule has 8 heteroatoms. The number of halogens is 3. The van der Waals surface area contributed by atoms with Crippen molar-refractivity contribution in [3.05, 3.63) is 4.88 Å². The van der Waals surface area contributed by atoms with Gasteiger partial charge in [0.25, 0.3) is 0 Å². The van der Waals surface area contributed by atoms with E-state index in [9.17, 15) is 18.0 Å². The fourth-order valence-corrected chi connectivity index (χ4v) is 3.61. The zero-order chi connectivity index (χ0) is 14.8. The largest absolute Gasteiger partial charge is 0.396 e. The number of nitrogen functional groups attached to an aromatic ring is 1. The third-order valence-electron chi connectivity index (χ3n) is 2.48. The predicted molar refractivity (Wildman–Crippen MR) is 74.5 cm³/mol. The Hall–Kier alpha value is -0.890. The minimum absolute atomic E-state index is 0.158. The fourth-order valence-electron chi connectivity index (χ4n) is 1.52. The van der Waals surface area contributed by atoms with Gasteiger partial charge in [0.1, 0.15) is 5.00 Å². The molecular formula is C11H15F3N2OS2. The Kier molecular flexibility index (Phi) is 5.14. The summed E-state index contributed by atoms with van der Waals surface area (Å²) >= 11 is 2.47. The molecule has 3 nitrogen and oxygen atoms in total. The van der Waals surface area contributed by atoms with Crippen LogP contribution in [0.2, 0.25) is 0 Å². The average molecular weight is 312 g/mol. The van der Waals surface area contributed by atoms with Crippen LogP contribution in [0.4, 0.5) is 23.9 Å². The van der Waals surface area contributed by atoms with Gasteiger partial charge in [-0.2, -0.15) is 13.2 Å². The maximum Gasteiger partial charge on any atom is 0.390 e. The molecule has 1 rings (SSSR count). The second-order valence-electron chi connectivity index (χ2n) is 4.03. The van der Waals surface area contributed by atoms with E-state index in [0.29, 0.717) is 20.5 Å². The summed E-state index contributed by atoms with van der Waals surface area (Å²) in [5, 5.41) is 0.611. The zero-order valence-corrected chi connectivity index (χ0v) is 12.4. The molecule has 0 aliphatic heterocycles. The third-order valence-corrected chi connectivity index (χ3v) is 4.85. The second kappa shape index (κ2) is 6.04. The molecule has 0 aromatic carbocycles. The van der Waals surface area contributed by atoms with Gasteiger partial charge in [0.2, 0.25) is 0 Å². The lowest BCUT2D eigenvalue weighted by Gasteiger charge is -2.19. The first kappa shape index (κ1) is 16.2. The Balaban J connectivity index is 2.99. The summed E-state index contributed by atoms with van der Waals surface area (Å²) in [5.74, 6) is -0.173. The number of anilines is 2. The number of carbonyl (C=O) groups excluding carboxylic acids is 1. The van der Waals surface area contributed by atoms with Gasteiger partial charge in [0, 0.05) is 20.5 Å². The van der Waals surface area contributed by atoms with E-state index in [-0.39, 0.29) is 12.3 Å². The van der Waals surface area contributed by atoms with Crippen molar-refractivity contribution in [1.29, 1.82) is 0 Å². The Labute approximate surface area is 118 Å². The van der Waals surface area contributed by atoms with Gasteiger partial charge in [-0.1, -0.05) is 0 Å². The van der Waals surface area contributed by atoms with Gasteiger partial charge < -0.3 is 10.6 Å². The summed E-state index contributed by atoms with van der Waals surface area (Å²) < 4.78 is 36.7. The Bertz CT molecular complexity index is 471. The van der Waals surface area contributed by atoms with Crippen LogP contribution in [0.1, 0.15) is 23.0 Å². The van der Waals surface area contributed by atoms with Crippen LogP contribution in [-0.2, 0) is 0 Å². The summed E-state index contributed by atoms with van der Waals surface area (Å²) in [7, 11) is 1.57. The predicted octanol–water partition coefficient (Wildman–Crippen LogP) is 3.64. The maximum absolute atomic E-state index is 12.2. The molecule has 0 amide bonds. The molecule has 0 radical (unpaired) electrons. The molecule has 2 N–H and O–H groups in total. The highest BCUT2D eigenvalue weighted by Crippen LogP contribution is 2.43. The van der Waals surface area contributed by atoms with E-state index in [0.717, 1.165) is 11.3 Å². The highest BCUT2D eigenvalue weighted by atomic mass is 32.2. The number of carbonyl (C=O) groups is 1. The van der Waals surface area contributed by atoms with Gasteiger partial charge in [-0.25, -0.2) is 0 Å². The van der Waals surface area contributed by atoms with E-state index in [2.05, 4.69) is 0 Å². The quantitative estimate of drug-likeness (QED) is 0.666. The summed E-state index contributed by atoms with van der Waals surface area (Å²) in [4.78, 5) is 14.0. The monoisotopic (exact) mass is 312 g/mol. The lowest BCUT2D eigenvalue weighted by Crippen LogP contribution is -2.23. The molecule has 1 aromatic rings. The number of nitrogens with two attached hydrogens (primary N) is 1. The first-order chi connectivity index (χ1) is 8.67. The molecule has 0 bridgehead atoms. The number of ketones is 1. The summed E-state index contributed by atoms with van der Waals surface area (Å²) in [6.07, 6.45) is -3.31. The molecule has 0 aliphatic carbocycles. The van der Waals surface area contributed by atoms with Crippen molar-refractivity contribution < 1.29 is 18.0 Å². The number of hydrogen-bond donors (Lipinski definition) is 1. The van der Waals surface area contributed by atoms with Gasteiger partial charge in [-0.15, -0.1) is 23.1 Å². The average Bonchev–Trinajstić information content (AvgIpc) is 2.62. The van der Waals surface area contributed by atoms with Crippen molar-refractivity contribution in [3.63, 3.8) is 0 Å². The number of nitrogens with zero attached hydrogens (tertiary/aromatic N) is 1. The van der Waals surface area contributed by atoms with Gasteiger partial charge in [-0.3, -0.25) is 4.79 Å². The van der Waals surface area contributed by atoms with E-state index in [4.69, 9.17) is 5.73 Å². The number of hydrogen-bond acceptors (Lipinski definition) is 5. The molecule has 1 aromatic heterocycles. The molecule has 0 fully saturated rings. The first-order valence-electron chi connectivity index (χ1n) is 5.42. The van der Waals surface area contributed by atoms with Crippen LogP contribution < -0.4 is 10.6 Å². The number of alkyl halides is 3. The van der Waals surface area contributed by atoms with Crippen molar-refractivity contribution in [1.82, 2.24) is 0 Å². The van der Waals surface area contributed by atoms with Gasteiger partial charge in [0.15, 0.2) is 5.78 Å². The van der Waals surface area contributed by atoms with Crippen molar-refractivity contribution in [3.8, 4) is 0 Å². The first-order valence-corrected chi connectivity index (χ1v) is 7.46. The molecule has 0 saturated heterocycles. The third kappa shape index (κ3) is 4.04. The molecule has 0 saturated carbocycles. The standard InChI is InChI=1S/C11H15F3N2OS2/c1-6(17)8-7(15)9(18-3)10(19-8)16(2)5-4-11(12,13)14/h4-5,15H2,1-3H3. The summed E-state index contributed by atoms with van der Waals surface area (Å²) in [5.41, 5.74) is 6.22. The number of thiophene rings is 1. The smallest absolute Gasteiger partial charge is 0.390 e. The lowest BCUT2D eigenvalue weighted by molar-refractivity contribution is -0.132. The van der Waals surface area contributed by atoms with Crippen molar-refractivity contribution in [2.75, 3.05) is 30.5 Å². The Morgan fingerprint density at radius 3 is 2.47 bits per heavy atom. The molecule has 0 unspecified atom stereocenters. The minimum Gasteiger partial charge on any atom is -0.396 e. The van der Waals surface area contributed by atoms with Crippen LogP contribution in [0.25, 0.3) is 0 Å². The molecule has 108 valence electrons. The zero-order valence-electron chi connectivity index (χ0n) is 10.8. The second-order valence-corrected chi connectivity index (χ2v) is 5.84. The number of Topliss-reactive ketones (excluding diaryl/α,β-unsaturated/α-hetero) is 1. The van der Waals surface area contributed by atoms with Crippen LogP contribution in [0.5, 0.6) is 0 Å². The number of rotatable bonds is 5. The Morgan fingerprint density at radius 1 is 1.47 bits per heavy atom. The maximum atomic E-state index is 12.2. The minimum atomic E-state index is -4.19. The van der Waals surface area contributed by atoms with E-state index in [1.807, 2.05) is 0 Å². The van der Waals surface area contributed by atoms with Crippen LogP contribution >= 0.6 is 23.1 Å². The van der Waals surface area contributed by atoms with E-state index < -0.39 is 12.6 Å². The van der Waals surface area contributed by atoms with Crippen molar-refractivity contribution in [2.24, 2.45) is 0 Å². The van der Waals surface area contributed by atoms with Gasteiger partial charge in [-0.05, 0) is 6.26 Å². The normalized spacial score (nSPS) is 11.7. The van der Waals surface area contributed by atoms with Crippen LogP contribution in [0.3, 0.4) is 0 Å². The van der Waals surface area contributed by atoms with Gasteiger partial charge >= 0.3 is 6.18 Å². The highest BCUT2D eigenvalue weighted by molar-refractivity contribution is 7.99. The van der Waals surface area contributed by atoms with E-state index in [1.165, 1.54) is 23.6 Å². The van der Waals surface area contributed by atoms with Crippen molar-refractivity contribution >= 4 is 39.6 Å². The SMILES string of the molecule is CSc1c(N(C)CCC(F)(F)F)sc(C(C)=O)c1N. The van der Waals surface area contributed by atoms with Crippen molar-refractivity contribution in [2.45, 2.75) is 24.4 Å². The van der Waals surface area contributed by atoms with Crippen LogP contribution in [0.15, 0.2) is 4.90 Å². The van der Waals surface area contributed by atoms with Gasteiger partial charge in [0.05, 0.1) is 21.9 Å². The summed E-state index contributed by atoms with van der Waals surface area (Å²) in [6.45, 7) is 1.24. The summed E-state index contributed by atoms with van der Waals surface area (Å²) in [6, 6.07) is 0. The molecule has 0 spiro atoms. The topological polar surface area (TPSA) is 46.3 Å². The lowest BCUT2D eigenvalue weighted by atomic mass is 10.3. The molecular weight excluding hydrogens is 297 g/mol. The molecule has 0 aliphatic rings. The number of thioether (sulfide) groups is 1. The highest BCUT2D eigenvalue weighted by Gasteiger charge is 2.28. The van der Waals surface area contributed by atoms with Crippen LogP contribution in [-0.4, -0.2) is 31.8 Å². The fraction of sp³-hybridized carbons (Fsp3) is 0.545. The molecule has 19 heavy (non-hydrogen) atoms. The molecule has 1 heterocycles. The van der Waals surface area contributed by atoms with E-state index >= 15 is 0 Å². The van der Waals surface area contributed by atoms with Crippen LogP contribution in [0, 0.1) is 0 Å².